The van der Waals surface area contributed by atoms with Crippen molar-refractivity contribution in [2.75, 3.05) is 18.1 Å². The van der Waals surface area contributed by atoms with Gasteiger partial charge in [-0.15, -0.1) is 0 Å². The van der Waals surface area contributed by atoms with Crippen molar-refractivity contribution < 1.29 is 9.21 Å². The normalized spacial score (nSPS) is 10.5. The standard InChI is InChI=1S/C16H20N2O2S/c1-2-10-21-12-15(19)17-9-8-14-11-20-16(18-14)13-6-4-3-5-7-13/h3-7,11H,2,8-10,12H2,1H3,(H,17,19). The van der Waals surface area contributed by atoms with Gasteiger partial charge >= 0.3 is 0 Å². The second kappa shape index (κ2) is 8.52. The van der Waals surface area contributed by atoms with Crippen LogP contribution in [0.15, 0.2) is 41.0 Å². The van der Waals surface area contributed by atoms with E-state index < -0.39 is 0 Å². The number of nitrogens with one attached hydrogen (secondary N) is 1. The Morgan fingerprint density at radius 2 is 2.14 bits per heavy atom. The van der Waals surface area contributed by atoms with Gasteiger partial charge in [0.05, 0.1) is 11.4 Å². The van der Waals surface area contributed by atoms with E-state index in [4.69, 9.17) is 4.42 Å². The molecule has 1 N–H and O–H groups in total. The monoisotopic (exact) mass is 304 g/mol. The van der Waals surface area contributed by atoms with Gasteiger partial charge in [-0.1, -0.05) is 25.1 Å². The average Bonchev–Trinajstić information content (AvgIpc) is 2.97. The SMILES string of the molecule is CCCSCC(=O)NCCc1coc(-c2ccccc2)n1. The molecule has 5 heteroatoms. The van der Waals surface area contributed by atoms with Crippen LogP contribution in [0.25, 0.3) is 11.5 Å². The number of carbonyl (C=O) groups is 1. The first kappa shape index (κ1) is 15.6. The molecule has 0 aliphatic carbocycles. The molecule has 0 saturated carbocycles. The van der Waals surface area contributed by atoms with E-state index in [-0.39, 0.29) is 5.91 Å². The molecule has 1 heterocycles. The summed E-state index contributed by atoms with van der Waals surface area (Å²) < 4.78 is 5.46. The van der Waals surface area contributed by atoms with Crippen LogP contribution < -0.4 is 5.32 Å². The van der Waals surface area contributed by atoms with E-state index in [0.717, 1.165) is 23.4 Å². The number of oxazole rings is 1. The van der Waals surface area contributed by atoms with Gasteiger partial charge in [0.1, 0.15) is 6.26 Å². The van der Waals surface area contributed by atoms with Crippen LogP contribution in [0.3, 0.4) is 0 Å². The number of aromatic nitrogens is 1. The molecule has 0 spiro atoms. The van der Waals surface area contributed by atoms with Gasteiger partial charge in [0, 0.05) is 18.5 Å². The minimum absolute atomic E-state index is 0.0835. The van der Waals surface area contributed by atoms with Crippen LogP contribution in [-0.2, 0) is 11.2 Å². The summed E-state index contributed by atoms with van der Waals surface area (Å²) in [5.74, 6) is 2.26. The number of hydrogen-bond acceptors (Lipinski definition) is 4. The van der Waals surface area contributed by atoms with E-state index in [9.17, 15) is 4.79 Å². The Bertz CT molecular complexity index is 554. The molecule has 112 valence electrons. The molecule has 0 aliphatic rings. The maximum atomic E-state index is 11.6. The topological polar surface area (TPSA) is 55.1 Å². The van der Waals surface area contributed by atoms with Crippen LogP contribution in [0.4, 0.5) is 0 Å². The predicted molar refractivity (Wildman–Crippen MR) is 86.3 cm³/mol. The molecule has 1 amide bonds. The molecule has 0 radical (unpaired) electrons. The summed E-state index contributed by atoms with van der Waals surface area (Å²) in [6, 6.07) is 9.78. The van der Waals surface area contributed by atoms with E-state index in [1.165, 1.54) is 0 Å². The zero-order valence-corrected chi connectivity index (χ0v) is 13.0. The van der Waals surface area contributed by atoms with Crippen LogP contribution in [0, 0.1) is 0 Å². The number of nitrogens with zero attached hydrogens (tertiary/aromatic N) is 1. The van der Waals surface area contributed by atoms with Crippen molar-refractivity contribution in [3.63, 3.8) is 0 Å². The Kier molecular flexibility index (Phi) is 6.34. The third-order valence-corrected chi connectivity index (χ3v) is 4.02. The van der Waals surface area contributed by atoms with Gasteiger partial charge in [-0.2, -0.15) is 11.8 Å². The van der Waals surface area contributed by atoms with Crippen molar-refractivity contribution in [3.05, 3.63) is 42.3 Å². The molecule has 1 aromatic carbocycles. The van der Waals surface area contributed by atoms with Crippen LogP contribution in [0.2, 0.25) is 0 Å². The number of thioether (sulfide) groups is 1. The molecule has 1 aromatic heterocycles. The van der Waals surface area contributed by atoms with E-state index in [0.29, 0.717) is 24.6 Å². The van der Waals surface area contributed by atoms with Crippen molar-refractivity contribution in [1.29, 1.82) is 0 Å². The van der Waals surface area contributed by atoms with Gasteiger partial charge in [-0.3, -0.25) is 4.79 Å². The summed E-state index contributed by atoms with van der Waals surface area (Å²) >= 11 is 1.66. The van der Waals surface area contributed by atoms with Crippen LogP contribution in [-0.4, -0.2) is 28.9 Å². The number of carbonyl (C=O) groups excluding carboxylic acids is 1. The molecule has 0 bridgehead atoms. The Hall–Kier alpha value is -1.75. The third kappa shape index (κ3) is 5.27. The van der Waals surface area contributed by atoms with Crippen molar-refractivity contribution in [2.45, 2.75) is 19.8 Å². The van der Waals surface area contributed by atoms with Crippen molar-refractivity contribution in [1.82, 2.24) is 10.3 Å². The third-order valence-electron chi connectivity index (χ3n) is 2.86. The molecule has 0 unspecified atom stereocenters. The summed E-state index contributed by atoms with van der Waals surface area (Å²) in [4.78, 5) is 16.0. The van der Waals surface area contributed by atoms with E-state index in [1.54, 1.807) is 18.0 Å². The van der Waals surface area contributed by atoms with Crippen molar-refractivity contribution in [3.8, 4) is 11.5 Å². The lowest BCUT2D eigenvalue weighted by Crippen LogP contribution is -2.27. The zero-order valence-electron chi connectivity index (χ0n) is 12.2. The molecule has 2 aromatic rings. The van der Waals surface area contributed by atoms with Crippen LogP contribution >= 0.6 is 11.8 Å². The summed E-state index contributed by atoms with van der Waals surface area (Å²) in [5.41, 5.74) is 1.82. The highest BCUT2D eigenvalue weighted by molar-refractivity contribution is 7.99. The largest absolute Gasteiger partial charge is 0.444 e. The lowest BCUT2D eigenvalue weighted by molar-refractivity contribution is -0.118. The molecular formula is C16H20N2O2S. The predicted octanol–water partition coefficient (Wildman–Crippen LogP) is 3.14. The van der Waals surface area contributed by atoms with Gasteiger partial charge in [0.25, 0.3) is 0 Å². The van der Waals surface area contributed by atoms with Gasteiger partial charge in [0.15, 0.2) is 0 Å². The molecule has 0 saturated heterocycles. The molecule has 0 aliphatic heterocycles. The smallest absolute Gasteiger partial charge is 0.230 e. The molecule has 2 rings (SSSR count). The fourth-order valence-corrected chi connectivity index (χ4v) is 2.55. The lowest BCUT2D eigenvalue weighted by Gasteiger charge is -2.02. The molecular weight excluding hydrogens is 284 g/mol. The van der Waals surface area contributed by atoms with Crippen molar-refractivity contribution in [2.24, 2.45) is 0 Å². The van der Waals surface area contributed by atoms with Gasteiger partial charge < -0.3 is 9.73 Å². The minimum atomic E-state index is 0.0835. The summed E-state index contributed by atoms with van der Waals surface area (Å²) in [7, 11) is 0. The number of rotatable bonds is 8. The molecule has 0 atom stereocenters. The zero-order chi connectivity index (χ0) is 14.9. The lowest BCUT2D eigenvalue weighted by atomic mass is 10.2. The van der Waals surface area contributed by atoms with E-state index in [2.05, 4.69) is 17.2 Å². The highest BCUT2D eigenvalue weighted by Crippen LogP contribution is 2.17. The number of hydrogen-bond donors (Lipinski definition) is 1. The van der Waals surface area contributed by atoms with E-state index in [1.807, 2.05) is 30.3 Å². The number of benzene rings is 1. The quantitative estimate of drug-likeness (QED) is 0.761. The highest BCUT2D eigenvalue weighted by atomic mass is 32.2. The molecule has 0 fully saturated rings. The summed E-state index contributed by atoms with van der Waals surface area (Å²) in [5, 5.41) is 2.90. The van der Waals surface area contributed by atoms with Crippen molar-refractivity contribution >= 4 is 17.7 Å². The second-order valence-electron chi connectivity index (χ2n) is 4.66. The van der Waals surface area contributed by atoms with Crippen LogP contribution in [0.1, 0.15) is 19.0 Å². The maximum absolute atomic E-state index is 11.6. The fourth-order valence-electron chi connectivity index (χ4n) is 1.83. The Balaban J connectivity index is 1.75. The Morgan fingerprint density at radius 3 is 2.90 bits per heavy atom. The highest BCUT2D eigenvalue weighted by Gasteiger charge is 2.06. The molecule has 4 nitrogen and oxygen atoms in total. The second-order valence-corrected chi connectivity index (χ2v) is 5.77. The minimum Gasteiger partial charge on any atom is -0.444 e. The van der Waals surface area contributed by atoms with E-state index >= 15 is 0 Å². The summed E-state index contributed by atoms with van der Waals surface area (Å²) in [6.07, 6.45) is 3.43. The first-order valence-corrected chi connectivity index (χ1v) is 8.29. The Labute approximate surface area is 129 Å². The van der Waals surface area contributed by atoms with Crippen LogP contribution in [0.5, 0.6) is 0 Å². The average molecular weight is 304 g/mol. The first-order chi connectivity index (χ1) is 10.3. The summed E-state index contributed by atoms with van der Waals surface area (Å²) in [6.45, 7) is 2.70. The van der Waals surface area contributed by atoms with Gasteiger partial charge in [-0.05, 0) is 24.3 Å². The number of amides is 1. The first-order valence-electron chi connectivity index (χ1n) is 7.14. The van der Waals surface area contributed by atoms with Gasteiger partial charge in [0.2, 0.25) is 11.8 Å². The fraction of sp³-hybridized carbons (Fsp3) is 0.375. The maximum Gasteiger partial charge on any atom is 0.230 e. The molecule has 21 heavy (non-hydrogen) atoms. The Morgan fingerprint density at radius 1 is 1.33 bits per heavy atom. The van der Waals surface area contributed by atoms with Gasteiger partial charge in [-0.25, -0.2) is 4.98 Å².